The van der Waals surface area contributed by atoms with Gasteiger partial charge in [-0.15, -0.1) is 0 Å². The molecule has 0 aromatic heterocycles. The number of hydrogen-bond acceptors (Lipinski definition) is 3. The zero-order valence-electron chi connectivity index (χ0n) is 13.7. The SMILES string of the molecule is CCC1(CC)CN(CCCCOC(C)C)C(C)CN1. The number of ether oxygens (including phenoxy) is 1. The average Bonchev–Trinajstić information content (AvgIpc) is 2.40. The molecule has 1 aliphatic heterocycles. The highest BCUT2D eigenvalue weighted by molar-refractivity contribution is 4.95. The van der Waals surface area contributed by atoms with E-state index >= 15 is 0 Å². The lowest BCUT2D eigenvalue weighted by molar-refractivity contribution is 0.0610. The normalized spacial score (nSPS) is 24.0. The van der Waals surface area contributed by atoms with Crippen molar-refractivity contribution in [3.63, 3.8) is 0 Å². The van der Waals surface area contributed by atoms with E-state index in [1.165, 1.54) is 38.8 Å². The van der Waals surface area contributed by atoms with E-state index in [9.17, 15) is 0 Å². The van der Waals surface area contributed by atoms with Crippen molar-refractivity contribution in [2.24, 2.45) is 0 Å². The van der Waals surface area contributed by atoms with Crippen LogP contribution in [0.15, 0.2) is 0 Å². The fourth-order valence-electron chi connectivity index (χ4n) is 2.85. The molecule has 1 rings (SSSR count). The maximum absolute atomic E-state index is 5.61. The smallest absolute Gasteiger partial charge is 0.0518 e. The minimum atomic E-state index is 0.348. The minimum absolute atomic E-state index is 0.348. The van der Waals surface area contributed by atoms with Gasteiger partial charge in [0.15, 0.2) is 0 Å². The van der Waals surface area contributed by atoms with Gasteiger partial charge in [-0.05, 0) is 53.0 Å². The molecule has 0 aromatic carbocycles. The van der Waals surface area contributed by atoms with Crippen LogP contribution in [0.2, 0.25) is 0 Å². The third kappa shape index (κ3) is 5.41. The fourth-order valence-corrected chi connectivity index (χ4v) is 2.85. The Morgan fingerprint density at radius 1 is 1.26 bits per heavy atom. The van der Waals surface area contributed by atoms with E-state index in [4.69, 9.17) is 4.74 Å². The molecule has 0 bridgehead atoms. The predicted molar refractivity (Wildman–Crippen MR) is 82.7 cm³/mol. The van der Waals surface area contributed by atoms with E-state index in [0.717, 1.165) is 13.2 Å². The molecule has 114 valence electrons. The van der Waals surface area contributed by atoms with Gasteiger partial charge in [-0.1, -0.05) is 13.8 Å². The molecule has 1 saturated heterocycles. The zero-order valence-corrected chi connectivity index (χ0v) is 13.7. The van der Waals surface area contributed by atoms with E-state index in [2.05, 4.69) is 44.8 Å². The molecular formula is C16H34N2O. The number of nitrogens with one attached hydrogen (secondary N) is 1. The topological polar surface area (TPSA) is 24.5 Å². The Labute approximate surface area is 120 Å². The Morgan fingerprint density at radius 3 is 2.53 bits per heavy atom. The van der Waals surface area contributed by atoms with E-state index in [-0.39, 0.29) is 0 Å². The molecule has 0 aliphatic carbocycles. The minimum Gasteiger partial charge on any atom is -0.379 e. The largest absolute Gasteiger partial charge is 0.379 e. The molecule has 3 heteroatoms. The van der Waals surface area contributed by atoms with Gasteiger partial charge in [0, 0.05) is 31.3 Å². The Hall–Kier alpha value is -0.120. The van der Waals surface area contributed by atoms with Gasteiger partial charge < -0.3 is 10.1 Å². The molecule has 1 aliphatic rings. The summed E-state index contributed by atoms with van der Waals surface area (Å²) in [6, 6.07) is 0.664. The second-order valence-electron chi connectivity index (χ2n) is 6.31. The maximum atomic E-state index is 5.61. The molecule has 3 nitrogen and oxygen atoms in total. The van der Waals surface area contributed by atoms with Crippen LogP contribution in [-0.4, -0.2) is 48.8 Å². The lowest BCUT2D eigenvalue weighted by atomic mass is 9.88. The van der Waals surface area contributed by atoms with Crippen LogP contribution in [0, 0.1) is 0 Å². The monoisotopic (exact) mass is 270 g/mol. The van der Waals surface area contributed by atoms with Crippen molar-refractivity contribution in [2.75, 3.05) is 26.2 Å². The lowest BCUT2D eigenvalue weighted by Crippen LogP contribution is -2.63. The molecule has 19 heavy (non-hydrogen) atoms. The van der Waals surface area contributed by atoms with Gasteiger partial charge in [-0.25, -0.2) is 0 Å². The summed E-state index contributed by atoms with van der Waals surface area (Å²) in [5.74, 6) is 0. The Balaban J connectivity index is 2.30. The lowest BCUT2D eigenvalue weighted by Gasteiger charge is -2.46. The van der Waals surface area contributed by atoms with Crippen LogP contribution in [0.5, 0.6) is 0 Å². The highest BCUT2D eigenvalue weighted by Crippen LogP contribution is 2.22. The van der Waals surface area contributed by atoms with Crippen LogP contribution in [0.4, 0.5) is 0 Å². The summed E-state index contributed by atoms with van der Waals surface area (Å²) in [5, 5.41) is 3.76. The van der Waals surface area contributed by atoms with Gasteiger partial charge in [0.25, 0.3) is 0 Å². The van der Waals surface area contributed by atoms with Crippen molar-refractivity contribution in [2.45, 2.75) is 78.0 Å². The second-order valence-corrected chi connectivity index (χ2v) is 6.31. The predicted octanol–water partition coefficient (Wildman–Crippen LogP) is 3.04. The van der Waals surface area contributed by atoms with E-state index < -0.39 is 0 Å². The van der Waals surface area contributed by atoms with Crippen molar-refractivity contribution >= 4 is 0 Å². The second kappa shape index (κ2) is 8.23. The average molecular weight is 270 g/mol. The summed E-state index contributed by atoms with van der Waals surface area (Å²) < 4.78 is 5.61. The summed E-state index contributed by atoms with van der Waals surface area (Å²) in [6.07, 6.45) is 5.25. The molecule has 1 fully saturated rings. The summed E-state index contributed by atoms with van der Waals surface area (Å²) in [5.41, 5.74) is 0.348. The Kier molecular flexibility index (Phi) is 7.33. The van der Waals surface area contributed by atoms with Gasteiger partial charge in [-0.2, -0.15) is 0 Å². The van der Waals surface area contributed by atoms with Crippen LogP contribution >= 0.6 is 0 Å². The summed E-state index contributed by atoms with van der Waals surface area (Å²) >= 11 is 0. The first-order chi connectivity index (χ1) is 9.03. The number of rotatable bonds is 8. The molecule has 1 unspecified atom stereocenters. The van der Waals surface area contributed by atoms with Crippen LogP contribution in [0.1, 0.15) is 60.3 Å². The molecular weight excluding hydrogens is 236 g/mol. The third-order valence-corrected chi connectivity index (χ3v) is 4.55. The highest BCUT2D eigenvalue weighted by Gasteiger charge is 2.34. The summed E-state index contributed by atoms with van der Waals surface area (Å²) in [4.78, 5) is 2.67. The summed E-state index contributed by atoms with van der Waals surface area (Å²) in [6.45, 7) is 15.6. The van der Waals surface area contributed by atoms with Crippen molar-refractivity contribution in [1.29, 1.82) is 0 Å². The van der Waals surface area contributed by atoms with E-state index in [0.29, 0.717) is 17.7 Å². The van der Waals surface area contributed by atoms with Crippen molar-refractivity contribution < 1.29 is 4.74 Å². The quantitative estimate of drug-likeness (QED) is 0.686. The van der Waals surface area contributed by atoms with Crippen molar-refractivity contribution in [3.8, 4) is 0 Å². The number of piperazine rings is 1. The van der Waals surface area contributed by atoms with Crippen LogP contribution < -0.4 is 5.32 Å². The fraction of sp³-hybridized carbons (Fsp3) is 1.00. The molecule has 1 atom stereocenters. The van der Waals surface area contributed by atoms with Crippen molar-refractivity contribution in [3.05, 3.63) is 0 Å². The standard InChI is InChI=1S/C16H34N2O/c1-6-16(7-2)13-18(15(5)12-17-16)10-8-9-11-19-14(3)4/h14-15,17H,6-13H2,1-5H3. The third-order valence-electron chi connectivity index (χ3n) is 4.55. The first kappa shape index (κ1) is 16.9. The van der Waals surface area contributed by atoms with Gasteiger partial charge in [-0.3, -0.25) is 4.90 Å². The highest BCUT2D eigenvalue weighted by atomic mass is 16.5. The van der Waals surface area contributed by atoms with Crippen LogP contribution in [0.25, 0.3) is 0 Å². The van der Waals surface area contributed by atoms with Gasteiger partial charge in [0.2, 0.25) is 0 Å². The van der Waals surface area contributed by atoms with E-state index in [1.54, 1.807) is 0 Å². The summed E-state index contributed by atoms with van der Waals surface area (Å²) in [7, 11) is 0. The molecule has 0 spiro atoms. The van der Waals surface area contributed by atoms with Gasteiger partial charge in [0.05, 0.1) is 6.10 Å². The van der Waals surface area contributed by atoms with Crippen molar-refractivity contribution in [1.82, 2.24) is 10.2 Å². The molecule has 0 aromatic rings. The van der Waals surface area contributed by atoms with Crippen LogP contribution in [-0.2, 0) is 4.74 Å². The maximum Gasteiger partial charge on any atom is 0.0518 e. The first-order valence-electron chi connectivity index (χ1n) is 8.13. The van der Waals surface area contributed by atoms with Crippen LogP contribution in [0.3, 0.4) is 0 Å². The molecule has 1 N–H and O–H groups in total. The van der Waals surface area contributed by atoms with E-state index in [1.807, 2.05) is 0 Å². The molecule has 0 saturated carbocycles. The number of hydrogen-bond donors (Lipinski definition) is 1. The first-order valence-corrected chi connectivity index (χ1v) is 8.13. The molecule has 1 heterocycles. The number of nitrogens with zero attached hydrogens (tertiary/aromatic N) is 1. The van der Waals surface area contributed by atoms with Gasteiger partial charge >= 0.3 is 0 Å². The zero-order chi connectivity index (χ0) is 14.3. The molecule has 0 radical (unpaired) electrons. The Morgan fingerprint density at radius 2 is 1.95 bits per heavy atom. The molecule has 0 amide bonds. The Bertz CT molecular complexity index is 239. The van der Waals surface area contributed by atoms with Gasteiger partial charge in [0.1, 0.15) is 0 Å². The number of unbranched alkanes of at least 4 members (excludes halogenated alkanes) is 1.